The molecule has 2 N–H and O–H groups in total. The van der Waals surface area contributed by atoms with Crippen LogP contribution in [0.15, 0.2) is 12.4 Å². The number of hydrogen-bond acceptors (Lipinski definition) is 3. The van der Waals surface area contributed by atoms with Gasteiger partial charge in [0.25, 0.3) is 0 Å². The Labute approximate surface area is 104 Å². The monoisotopic (exact) mass is 236 g/mol. The Balaban J connectivity index is 1.92. The van der Waals surface area contributed by atoms with E-state index in [1.807, 2.05) is 12.4 Å². The fourth-order valence-corrected chi connectivity index (χ4v) is 2.30. The first kappa shape index (κ1) is 12.4. The molecule has 0 saturated carbocycles. The first-order chi connectivity index (χ1) is 8.07. The molecule has 0 aromatic carbocycles. The lowest BCUT2D eigenvalue weighted by Crippen LogP contribution is -2.32. The van der Waals surface area contributed by atoms with Crippen LogP contribution >= 0.6 is 0 Å². The lowest BCUT2D eigenvalue weighted by atomic mass is 9.98. The van der Waals surface area contributed by atoms with Crippen LogP contribution in [0.3, 0.4) is 0 Å². The van der Waals surface area contributed by atoms with Crippen molar-refractivity contribution in [3.05, 3.63) is 12.4 Å². The molecule has 0 unspecified atom stereocenters. The van der Waals surface area contributed by atoms with Gasteiger partial charge in [-0.2, -0.15) is 0 Å². The average molecular weight is 236 g/mol. The molecule has 96 valence electrons. The lowest BCUT2D eigenvalue weighted by Gasteiger charge is -2.26. The van der Waals surface area contributed by atoms with Gasteiger partial charge in [-0.1, -0.05) is 0 Å². The summed E-state index contributed by atoms with van der Waals surface area (Å²) in [6.07, 6.45) is 6.45. The van der Waals surface area contributed by atoms with Gasteiger partial charge in [-0.05, 0) is 52.6 Å². The molecule has 2 heterocycles. The van der Waals surface area contributed by atoms with E-state index in [9.17, 15) is 0 Å². The maximum atomic E-state index is 4.40. The summed E-state index contributed by atoms with van der Waals surface area (Å²) in [5.41, 5.74) is 0.0902. The fourth-order valence-electron chi connectivity index (χ4n) is 2.30. The van der Waals surface area contributed by atoms with Gasteiger partial charge in [0.05, 0.1) is 0 Å². The van der Waals surface area contributed by atoms with Crippen molar-refractivity contribution in [1.82, 2.24) is 14.9 Å². The molecule has 4 nitrogen and oxygen atoms in total. The van der Waals surface area contributed by atoms with E-state index in [-0.39, 0.29) is 5.54 Å². The van der Waals surface area contributed by atoms with Gasteiger partial charge in [-0.15, -0.1) is 0 Å². The standard InChI is InChI=1S/C13H24N4/c1-13(2,3)17-9-8-15-12(17)16-10-11-4-6-14-7-5-11/h8-9,11,14H,4-7,10H2,1-3H3,(H,15,16). The van der Waals surface area contributed by atoms with Crippen molar-refractivity contribution in [3.63, 3.8) is 0 Å². The lowest BCUT2D eigenvalue weighted by molar-refractivity contribution is 0.381. The van der Waals surface area contributed by atoms with Crippen molar-refractivity contribution in [1.29, 1.82) is 0 Å². The highest BCUT2D eigenvalue weighted by molar-refractivity contribution is 5.27. The number of nitrogens with one attached hydrogen (secondary N) is 2. The second-order valence-corrected chi connectivity index (χ2v) is 5.87. The molecule has 0 bridgehead atoms. The zero-order valence-corrected chi connectivity index (χ0v) is 11.2. The number of piperidine rings is 1. The molecule has 1 fully saturated rings. The van der Waals surface area contributed by atoms with Gasteiger partial charge >= 0.3 is 0 Å². The fraction of sp³-hybridized carbons (Fsp3) is 0.769. The number of nitrogens with zero attached hydrogens (tertiary/aromatic N) is 2. The molecule has 0 aliphatic carbocycles. The SMILES string of the molecule is CC(C)(C)n1ccnc1NCC1CCNCC1. The van der Waals surface area contributed by atoms with E-state index in [4.69, 9.17) is 0 Å². The van der Waals surface area contributed by atoms with Gasteiger partial charge < -0.3 is 15.2 Å². The maximum Gasteiger partial charge on any atom is 0.203 e. The van der Waals surface area contributed by atoms with E-state index in [2.05, 4.69) is 41.0 Å². The Morgan fingerprint density at radius 3 is 2.76 bits per heavy atom. The predicted molar refractivity (Wildman–Crippen MR) is 71.3 cm³/mol. The average Bonchev–Trinajstić information content (AvgIpc) is 2.75. The van der Waals surface area contributed by atoms with Crippen molar-refractivity contribution in [2.75, 3.05) is 25.0 Å². The van der Waals surface area contributed by atoms with Crippen LogP contribution < -0.4 is 10.6 Å². The summed E-state index contributed by atoms with van der Waals surface area (Å²) in [4.78, 5) is 4.40. The minimum atomic E-state index is 0.0902. The van der Waals surface area contributed by atoms with Crippen LogP contribution in [0.5, 0.6) is 0 Å². The Hall–Kier alpha value is -1.03. The first-order valence-electron chi connectivity index (χ1n) is 6.56. The zero-order valence-electron chi connectivity index (χ0n) is 11.2. The first-order valence-corrected chi connectivity index (χ1v) is 6.56. The number of anilines is 1. The van der Waals surface area contributed by atoms with E-state index in [1.54, 1.807) is 0 Å². The number of aromatic nitrogens is 2. The topological polar surface area (TPSA) is 41.9 Å². The largest absolute Gasteiger partial charge is 0.355 e. The molecule has 0 radical (unpaired) electrons. The van der Waals surface area contributed by atoms with Crippen molar-refractivity contribution in [2.45, 2.75) is 39.2 Å². The normalized spacial score (nSPS) is 18.3. The third-order valence-electron chi connectivity index (χ3n) is 3.37. The second kappa shape index (κ2) is 5.08. The second-order valence-electron chi connectivity index (χ2n) is 5.87. The van der Waals surface area contributed by atoms with Crippen LogP contribution in [0.4, 0.5) is 5.95 Å². The number of hydrogen-bond donors (Lipinski definition) is 2. The van der Waals surface area contributed by atoms with Gasteiger partial charge in [-0.3, -0.25) is 0 Å². The van der Waals surface area contributed by atoms with Crippen molar-refractivity contribution < 1.29 is 0 Å². The summed E-state index contributed by atoms with van der Waals surface area (Å²) >= 11 is 0. The van der Waals surface area contributed by atoms with Crippen LogP contribution in [-0.2, 0) is 5.54 Å². The van der Waals surface area contributed by atoms with E-state index >= 15 is 0 Å². The molecular weight excluding hydrogens is 212 g/mol. The molecule has 0 spiro atoms. The molecule has 17 heavy (non-hydrogen) atoms. The molecule has 2 rings (SSSR count). The molecule has 1 saturated heterocycles. The highest BCUT2D eigenvalue weighted by Crippen LogP contribution is 2.20. The molecule has 1 aliphatic heterocycles. The quantitative estimate of drug-likeness (QED) is 0.844. The summed E-state index contributed by atoms with van der Waals surface area (Å²) in [5.74, 6) is 1.78. The minimum Gasteiger partial charge on any atom is -0.355 e. The van der Waals surface area contributed by atoms with Gasteiger partial charge in [0.15, 0.2) is 0 Å². The number of imidazole rings is 1. The van der Waals surface area contributed by atoms with Crippen molar-refractivity contribution >= 4 is 5.95 Å². The summed E-state index contributed by atoms with van der Waals surface area (Å²) in [6.45, 7) is 9.94. The van der Waals surface area contributed by atoms with Gasteiger partial charge in [0.2, 0.25) is 5.95 Å². The molecule has 0 atom stereocenters. The van der Waals surface area contributed by atoms with Crippen LogP contribution in [0.2, 0.25) is 0 Å². The van der Waals surface area contributed by atoms with E-state index in [0.29, 0.717) is 0 Å². The molecule has 1 aromatic rings. The predicted octanol–water partition coefficient (Wildman–Crippen LogP) is 2.05. The summed E-state index contributed by atoms with van der Waals surface area (Å²) in [5, 5.41) is 6.89. The Morgan fingerprint density at radius 1 is 1.41 bits per heavy atom. The molecule has 4 heteroatoms. The minimum absolute atomic E-state index is 0.0902. The third-order valence-corrected chi connectivity index (χ3v) is 3.37. The maximum absolute atomic E-state index is 4.40. The van der Waals surface area contributed by atoms with E-state index in [0.717, 1.165) is 31.5 Å². The van der Waals surface area contributed by atoms with Crippen molar-refractivity contribution in [3.8, 4) is 0 Å². The van der Waals surface area contributed by atoms with E-state index in [1.165, 1.54) is 12.8 Å². The molecule has 0 amide bonds. The molecule has 1 aromatic heterocycles. The Kier molecular flexibility index (Phi) is 3.72. The smallest absolute Gasteiger partial charge is 0.203 e. The molecule has 1 aliphatic rings. The van der Waals surface area contributed by atoms with Gasteiger partial charge in [0, 0.05) is 24.5 Å². The van der Waals surface area contributed by atoms with Crippen LogP contribution in [-0.4, -0.2) is 29.2 Å². The van der Waals surface area contributed by atoms with Crippen molar-refractivity contribution in [2.24, 2.45) is 5.92 Å². The highest BCUT2D eigenvalue weighted by Gasteiger charge is 2.18. The third kappa shape index (κ3) is 3.22. The van der Waals surface area contributed by atoms with Gasteiger partial charge in [-0.25, -0.2) is 4.98 Å². The Bertz CT molecular complexity index is 345. The zero-order chi connectivity index (χ0) is 12.3. The summed E-state index contributed by atoms with van der Waals surface area (Å²) < 4.78 is 2.20. The molecular formula is C13H24N4. The van der Waals surface area contributed by atoms with E-state index < -0.39 is 0 Å². The summed E-state index contributed by atoms with van der Waals surface area (Å²) in [6, 6.07) is 0. The highest BCUT2D eigenvalue weighted by atomic mass is 15.2. The van der Waals surface area contributed by atoms with Crippen LogP contribution in [0.1, 0.15) is 33.6 Å². The summed E-state index contributed by atoms with van der Waals surface area (Å²) in [7, 11) is 0. The Morgan fingerprint density at radius 2 is 2.12 bits per heavy atom. The number of rotatable bonds is 3. The van der Waals surface area contributed by atoms with Crippen LogP contribution in [0.25, 0.3) is 0 Å². The van der Waals surface area contributed by atoms with Crippen LogP contribution in [0, 0.1) is 5.92 Å². The van der Waals surface area contributed by atoms with Gasteiger partial charge in [0.1, 0.15) is 0 Å².